The highest BCUT2D eigenvalue weighted by molar-refractivity contribution is 5.28. The molecule has 102 valence electrons. The Morgan fingerprint density at radius 2 is 1.68 bits per heavy atom. The molecule has 4 fully saturated rings. The normalized spacial score (nSPS) is 39.7. The van der Waals surface area contributed by atoms with Gasteiger partial charge < -0.3 is 5.73 Å². The fourth-order valence-corrected chi connectivity index (χ4v) is 5.46. The van der Waals surface area contributed by atoms with Crippen LogP contribution >= 0.6 is 0 Å². The summed E-state index contributed by atoms with van der Waals surface area (Å²) in [5.41, 5.74) is 6.96. The van der Waals surface area contributed by atoms with Crippen molar-refractivity contribution in [3.8, 4) is 0 Å². The first-order valence-corrected chi connectivity index (χ1v) is 7.99. The van der Waals surface area contributed by atoms with Gasteiger partial charge in [-0.1, -0.05) is 6.07 Å². The van der Waals surface area contributed by atoms with Crippen LogP contribution in [0.2, 0.25) is 0 Å². The highest BCUT2D eigenvalue weighted by Crippen LogP contribution is 2.57. The lowest BCUT2D eigenvalue weighted by atomic mass is 9.51. The van der Waals surface area contributed by atoms with Crippen LogP contribution in [0, 0.1) is 29.6 Å². The lowest BCUT2D eigenvalue weighted by molar-refractivity contribution is -0.0394. The third-order valence-corrected chi connectivity index (χ3v) is 5.98. The molecular weight excluding hydrogens is 232 g/mol. The van der Waals surface area contributed by atoms with E-state index in [-0.39, 0.29) is 0 Å². The molecule has 0 atom stereocenters. The number of rotatable bonds is 3. The third kappa shape index (κ3) is 2.15. The smallest absolute Gasteiger partial charge is 0.123 e. The van der Waals surface area contributed by atoms with Crippen LogP contribution in [-0.2, 0) is 6.42 Å². The molecule has 19 heavy (non-hydrogen) atoms. The van der Waals surface area contributed by atoms with Crippen LogP contribution in [0.1, 0.15) is 44.2 Å². The molecule has 1 aromatic rings. The topological polar surface area (TPSA) is 38.9 Å². The second-order valence-electron chi connectivity index (χ2n) is 7.19. The summed E-state index contributed by atoms with van der Waals surface area (Å²) in [5, 5.41) is 0. The Bertz CT molecular complexity index is 440. The van der Waals surface area contributed by atoms with Crippen molar-refractivity contribution in [2.24, 2.45) is 29.6 Å². The van der Waals surface area contributed by atoms with Gasteiger partial charge in [0.15, 0.2) is 0 Å². The van der Waals surface area contributed by atoms with Crippen LogP contribution in [0.5, 0.6) is 0 Å². The standard InChI is InChI=1S/C17H24N2/c18-17-3-1-2-15(19-17)4-5-16-13-7-11-6-12(9-13)10-14(16)8-11/h1-3,11-14,16H,4-10H2,(H2,18,19). The van der Waals surface area contributed by atoms with E-state index in [1.54, 1.807) is 6.42 Å². The highest BCUT2D eigenvalue weighted by Gasteiger charge is 2.47. The van der Waals surface area contributed by atoms with Crippen LogP contribution in [-0.4, -0.2) is 4.98 Å². The summed E-state index contributed by atoms with van der Waals surface area (Å²) < 4.78 is 0. The van der Waals surface area contributed by atoms with E-state index in [1.165, 1.54) is 37.8 Å². The maximum Gasteiger partial charge on any atom is 0.123 e. The average molecular weight is 256 g/mol. The van der Waals surface area contributed by atoms with Crippen LogP contribution < -0.4 is 5.73 Å². The van der Waals surface area contributed by atoms with Crippen molar-refractivity contribution in [2.45, 2.75) is 44.9 Å². The molecule has 0 unspecified atom stereocenters. The maximum atomic E-state index is 5.77. The molecule has 0 radical (unpaired) electrons. The number of hydrogen-bond acceptors (Lipinski definition) is 2. The Hall–Kier alpha value is -1.05. The quantitative estimate of drug-likeness (QED) is 0.896. The molecule has 2 N–H and O–H groups in total. The minimum Gasteiger partial charge on any atom is -0.384 e. The SMILES string of the molecule is Nc1cccc(CCC2C3CC4CC(C3)CC2C4)n1. The molecule has 4 saturated carbocycles. The molecule has 2 nitrogen and oxygen atoms in total. The Morgan fingerprint density at radius 3 is 2.32 bits per heavy atom. The Balaban J connectivity index is 1.43. The molecule has 1 aromatic heterocycles. The van der Waals surface area contributed by atoms with Gasteiger partial charge in [0.2, 0.25) is 0 Å². The number of nitrogens with zero attached hydrogens (tertiary/aromatic N) is 1. The van der Waals surface area contributed by atoms with E-state index in [4.69, 9.17) is 5.73 Å². The summed E-state index contributed by atoms with van der Waals surface area (Å²) in [6.45, 7) is 0. The summed E-state index contributed by atoms with van der Waals surface area (Å²) in [6.07, 6.45) is 10.1. The Kier molecular flexibility index (Phi) is 2.78. The zero-order valence-electron chi connectivity index (χ0n) is 11.6. The van der Waals surface area contributed by atoms with E-state index < -0.39 is 0 Å². The summed E-state index contributed by atoms with van der Waals surface area (Å²) in [7, 11) is 0. The largest absolute Gasteiger partial charge is 0.384 e. The molecule has 0 saturated heterocycles. The van der Waals surface area contributed by atoms with Gasteiger partial charge in [0.25, 0.3) is 0 Å². The van der Waals surface area contributed by atoms with Gasteiger partial charge in [-0.3, -0.25) is 0 Å². The van der Waals surface area contributed by atoms with E-state index in [0.717, 1.165) is 36.0 Å². The van der Waals surface area contributed by atoms with Gasteiger partial charge in [0, 0.05) is 5.69 Å². The molecular formula is C17H24N2. The number of aryl methyl sites for hydroxylation is 1. The van der Waals surface area contributed by atoms with Gasteiger partial charge >= 0.3 is 0 Å². The lowest BCUT2D eigenvalue weighted by Gasteiger charge is -2.54. The minimum absolute atomic E-state index is 0.669. The van der Waals surface area contributed by atoms with Crippen molar-refractivity contribution in [3.63, 3.8) is 0 Å². The second kappa shape index (κ2) is 4.50. The fourth-order valence-electron chi connectivity index (χ4n) is 5.46. The number of aromatic nitrogens is 1. The molecule has 4 aliphatic rings. The highest BCUT2D eigenvalue weighted by atomic mass is 14.8. The van der Waals surface area contributed by atoms with Crippen molar-refractivity contribution in [1.82, 2.24) is 4.98 Å². The predicted octanol–water partition coefficient (Wildman–Crippen LogP) is 3.67. The molecule has 0 aromatic carbocycles. The predicted molar refractivity (Wildman–Crippen MR) is 77.5 cm³/mol. The molecule has 4 bridgehead atoms. The van der Waals surface area contributed by atoms with Gasteiger partial charge in [-0.2, -0.15) is 0 Å². The molecule has 2 heteroatoms. The maximum absolute atomic E-state index is 5.77. The summed E-state index contributed by atoms with van der Waals surface area (Å²) in [5.74, 6) is 5.90. The molecule has 1 heterocycles. The Morgan fingerprint density at radius 1 is 1.00 bits per heavy atom. The molecule has 0 spiro atoms. The molecule has 0 aliphatic heterocycles. The van der Waals surface area contributed by atoms with Gasteiger partial charge in [0.1, 0.15) is 5.82 Å². The van der Waals surface area contributed by atoms with Crippen molar-refractivity contribution >= 4 is 5.82 Å². The molecule has 5 rings (SSSR count). The van der Waals surface area contributed by atoms with Gasteiger partial charge in [-0.15, -0.1) is 0 Å². The van der Waals surface area contributed by atoms with Crippen LogP contribution in [0.4, 0.5) is 5.82 Å². The number of nitrogen functional groups attached to an aromatic ring is 1. The van der Waals surface area contributed by atoms with Crippen molar-refractivity contribution in [3.05, 3.63) is 23.9 Å². The number of anilines is 1. The van der Waals surface area contributed by atoms with Crippen LogP contribution in [0.3, 0.4) is 0 Å². The van der Waals surface area contributed by atoms with Gasteiger partial charge in [0.05, 0.1) is 0 Å². The first-order valence-electron chi connectivity index (χ1n) is 7.99. The lowest BCUT2D eigenvalue weighted by Crippen LogP contribution is -2.45. The van der Waals surface area contributed by atoms with E-state index >= 15 is 0 Å². The first-order chi connectivity index (χ1) is 9.28. The minimum atomic E-state index is 0.669. The van der Waals surface area contributed by atoms with Crippen molar-refractivity contribution < 1.29 is 0 Å². The molecule has 4 aliphatic carbocycles. The first kappa shape index (κ1) is 11.7. The van der Waals surface area contributed by atoms with Crippen LogP contribution in [0.15, 0.2) is 18.2 Å². The summed E-state index contributed by atoms with van der Waals surface area (Å²) in [4.78, 5) is 4.45. The molecule has 0 amide bonds. The monoisotopic (exact) mass is 256 g/mol. The fraction of sp³-hybridized carbons (Fsp3) is 0.706. The van der Waals surface area contributed by atoms with Gasteiger partial charge in [-0.25, -0.2) is 4.98 Å². The van der Waals surface area contributed by atoms with E-state index in [9.17, 15) is 0 Å². The average Bonchev–Trinajstić information content (AvgIpc) is 2.37. The van der Waals surface area contributed by atoms with Crippen LogP contribution in [0.25, 0.3) is 0 Å². The summed E-state index contributed by atoms with van der Waals surface area (Å²) >= 11 is 0. The van der Waals surface area contributed by atoms with Crippen molar-refractivity contribution in [1.29, 1.82) is 0 Å². The zero-order chi connectivity index (χ0) is 12.8. The summed E-state index contributed by atoms with van der Waals surface area (Å²) in [6, 6.07) is 6.05. The Labute approximate surface area is 115 Å². The number of nitrogens with two attached hydrogens (primary N) is 1. The number of pyridine rings is 1. The zero-order valence-corrected chi connectivity index (χ0v) is 11.6. The third-order valence-electron chi connectivity index (χ3n) is 5.98. The van der Waals surface area contributed by atoms with E-state index in [0.29, 0.717) is 5.82 Å². The van der Waals surface area contributed by atoms with E-state index in [2.05, 4.69) is 11.1 Å². The van der Waals surface area contributed by atoms with Gasteiger partial charge in [-0.05, 0) is 86.7 Å². The van der Waals surface area contributed by atoms with Crippen molar-refractivity contribution in [2.75, 3.05) is 5.73 Å². The number of hydrogen-bond donors (Lipinski definition) is 1. The van der Waals surface area contributed by atoms with E-state index in [1.807, 2.05) is 12.1 Å². The second-order valence-corrected chi connectivity index (χ2v) is 7.19.